The first kappa shape index (κ1) is 9.53. The Morgan fingerprint density at radius 2 is 2.07 bits per heavy atom. The predicted octanol–water partition coefficient (Wildman–Crippen LogP) is 0.368. The van der Waals surface area contributed by atoms with Crippen molar-refractivity contribution in [1.82, 2.24) is 14.9 Å². The zero-order valence-corrected chi connectivity index (χ0v) is 7.83. The van der Waals surface area contributed by atoms with E-state index in [0.717, 1.165) is 11.3 Å². The molecule has 15 heavy (non-hydrogen) atoms. The van der Waals surface area contributed by atoms with E-state index in [1.54, 1.807) is 18.3 Å². The van der Waals surface area contributed by atoms with Gasteiger partial charge in [0, 0.05) is 19.5 Å². The van der Waals surface area contributed by atoms with Crippen molar-refractivity contribution in [3.05, 3.63) is 36.0 Å². The van der Waals surface area contributed by atoms with Crippen LogP contribution in [0.2, 0.25) is 0 Å². The molecule has 0 fully saturated rings. The number of benzene rings is 1. The number of aromatic nitrogens is 3. The van der Waals surface area contributed by atoms with Crippen molar-refractivity contribution in [2.24, 2.45) is 0 Å². The molecule has 6 heteroatoms. The molecule has 0 aliphatic heterocycles. The van der Waals surface area contributed by atoms with E-state index in [4.69, 9.17) is 13.0 Å². The van der Waals surface area contributed by atoms with Gasteiger partial charge in [-0.3, -0.25) is 0 Å². The van der Waals surface area contributed by atoms with Crippen LogP contribution in [-0.2, 0) is 0 Å². The second kappa shape index (κ2) is 4.01. The van der Waals surface area contributed by atoms with Crippen molar-refractivity contribution in [2.75, 3.05) is 0 Å². The summed E-state index contributed by atoms with van der Waals surface area (Å²) in [6.45, 7) is 0. The lowest BCUT2D eigenvalue weighted by molar-refractivity contribution is 0.876. The SMILES string of the molecule is [B][B]n1cc(-c2ccc(C#N)cc2)nn1. The van der Waals surface area contributed by atoms with Crippen molar-refractivity contribution in [3.8, 4) is 17.3 Å². The summed E-state index contributed by atoms with van der Waals surface area (Å²) in [5, 5.41) is 16.3. The highest BCUT2D eigenvalue weighted by Gasteiger charge is 2.02. The summed E-state index contributed by atoms with van der Waals surface area (Å²) in [5.74, 6) is 0. The standard InChI is InChI=1S/C9H5B2N4/c10-11-15-6-9(13-14-15)8-3-1-7(5-12)2-4-8/h1-4,6H. The number of nitriles is 1. The van der Waals surface area contributed by atoms with Gasteiger partial charge in [0.1, 0.15) is 5.69 Å². The Balaban J connectivity index is 2.33. The molecule has 2 rings (SSSR count). The molecule has 2 aromatic rings. The Morgan fingerprint density at radius 3 is 2.60 bits per heavy atom. The quantitative estimate of drug-likeness (QED) is 0.644. The molecule has 0 amide bonds. The molecule has 0 aliphatic rings. The second-order valence-electron chi connectivity index (χ2n) is 2.92. The highest BCUT2D eigenvalue weighted by molar-refractivity contribution is 6.88. The van der Waals surface area contributed by atoms with Gasteiger partial charge < -0.3 is 4.59 Å². The van der Waals surface area contributed by atoms with E-state index in [1.165, 1.54) is 11.9 Å². The minimum atomic E-state index is 0.622. The number of rotatable bonds is 2. The van der Waals surface area contributed by atoms with Crippen LogP contribution in [0.5, 0.6) is 0 Å². The van der Waals surface area contributed by atoms with Gasteiger partial charge >= 0.3 is 0 Å². The monoisotopic (exact) mass is 191 g/mol. The molecule has 0 N–H and O–H groups in total. The van der Waals surface area contributed by atoms with E-state index in [2.05, 4.69) is 16.4 Å². The molecular weight excluding hydrogens is 186 g/mol. The summed E-state index contributed by atoms with van der Waals surface area (Å²) in [6.07, 6.45) is 1.71. The lowest BCUT2D eigenvalue weighted by Crippen LogP contribution is -2.05. The molecule has 67 valence electrons. The lowest BCUT2D eigenvalue weighted by Gasteiger charge is -1.94. The molecule has 0 saturated heterocycles. The van der Waals surface area contributed by atoms with Crippen molar-refractivity contribution in [2.45, 2.75) is 0 Å². The smallest absolute Gasteiger partial charge is 0.221 e. The summed E-state index contributed by atoms with van der Waals surface area (Å²) in [4.78, 5) is 0. The second-order valence-corrected chi connectivity index (χ2v) is 2.92. The molecular formula is C9H5B2N4. The Hall–Kier alpha value is -2.02. The maximum atomic E-state index is 8.64. The van der Waals surface area contributed by atoms with Gasteiger partial charge in [0.25, 0.3) is 0 Å². The molecule has 0 spiro atoms. The van der Waals surface area contributed by atoms with Crippen LogP contribution in [0.25, 0.3) is 11.3 Å². The van der Waals surface area contributed by atoms with E-state index < -0.39 is 0 Å². The number of hydrogen-bond acceptors (Lipinski definition) is 3. The maximum Gasteiger partial charge on any atom is 0.221 e. The molecule has 0 aliphatic carbocycles. The average molecular weight is 191 g/mol. The van der Waals surface area contributed by atoms with Gasteiger partial charge in [0.05, 0.1) is 11.6 Å². The van der Waals surface area contributed by atoms with Gasteiger partial charge in [-0.25, -0.2) is 0 Å². The van der Waals surface area contributed by atoms with Gasteiger partial charge in [-0.1, -0.05) is 17.3 Å². The predicted molar refractivity (Wildman–Crippen MR) is 57.1 cm³/mol. The number of hydrogen-bond donors (Lipinski definition) is 0. The molecule has 4 nitrogen and oxygen atoms in total. The highest BCUT2D eigenvalue weighted by atomic mass is 15.4. The van der Waals surface area contributed by atoms with Crippen LogP contribution in [0.4, 0.5) is 0 Å². The van der Waals surface area contributed by atoms with Gasteiger partial charge in [-0.05, 0) is 12.1 Å². The third-order valence-corrected chi connectivity index (χ3v) is 1.97. The van der Waals surface area contributed by atoms with Crippen LogP contribution < -0.4 is 0 Å². The first-order valence-corrected chi connectivity index (χ1v) is 4.31. The van der Waals surface area contributed by atoms with Crippen molar-refractivity contribution in [1.29, 1.82) is 5.26 Å². The molecule has 0 bridgehead atoms. The van der Waals surface area contributed by atoms with E-state index in [1.807, 2.05) is 12.1 Å². The molecule has 1 heterocycles. The topological polar surface area (TPSA) is 54.5 Å². The fourth-order valence-electron chi connectivity index (χ4n) is 1.20. The van der Waals surface area contributed by atoms with Gasteiger partial charge in [0.2, 0.25) is 7.31 Å². The summed E-state index contributed by atoms with van der Waals surface area (Å²) >= 11 is 0. The minimum Gasteiger partial charge on any atom is -0.314 e. The van der Waals surface area contributed by atoms with E-state index in [9.17, 15) is 0 Å². The van der Waals surface area contributed by atoms with Crippen LogP contribution in [0.15, 0.2) is 30.5 Å². The summed E-state index contributed by atoms with van der Waals surface area (Å²) in [7, 11) is 6.60. The molecule has 1 aromatic carbocycles. The summed E-state index contributed by atoms with van der Waals surface area (Å²) in [5.41, 5.74) is 2.25. The van der Waals surface area contributed by atoms with Crippen LogP contribution in [0.1, 0.15) is 5.56 Å². The molecule has 0 saturated carbocycles. The average Bonchev–Trinajstić information content (AvgIpc) is 2.78. The largest absolute Gasteiger partial charge is 0.314 e. The Morgan fingerprint density at radius 1 is 1.33 bits per heavy atom. The number of nitrogens with zero attached hydrogens (tertiary/aromatic N) is 4. The van der Waals surface area contributed by atoms with Gasteiger partial charge in [0.15, 0.2) is 0 Å². The molecule has 0 atom stereocenters. The van der Waals surface area contributed by atoms with Crippen LogP contribution >= 0.6 is 0 Å². The Kier molecular flexibility index (Phi) is 2.55. The molecule has 0 unspecified atom stereocenters. The summed E-state index contributed by atoms with van der Waals surface area (Å²) < 4.78 is 1.42. The maximum absolute atomic E-state index is 8.64. The summed E-state index contributed by atoms with van der Waals surface area (Å²) in [6, 6.07) is 9.17. The third kappa shape index (κ3) is 1.91. The van der Waals surface area contributed by atoms with Crippen LogP contribution in [0.3, 0.4) is 0 Å². The molecule has 1 aromatic heterocycles. The van der Waals surface area contributed by atoms with Crippen molar-refractivity contribution in [3.63, 3.8) is 0 Å². The van der Waals surface area contributed by atoms with E-state index in [0.29, 0.717) is 5.56 Å². The van der Waals surface area contributed by atoms with Gasteiger partial charge in [-0.2, -0.15) is 5.26 Å². The lowest BCUT2D eigenvalue weighted by atomic mass is 9.67. The zero-order valence-electron chi connectivity index (χ0n) is 7.83. The van der Waals surface area contributed by atoms with Crippen molar-refractivity contribution >= 4 is 15.0 Å². The van der Waals surface area contributed by atoms with E-state index >= 15 is 0 Å². The highest BCUT2D eigenvalue weighted by Crippen LogP contribution is 2.15. The van der Waals surface area contributed by atoms with E-state index in [-0.39, 0.29) is 0 Å². The minimum absolute atomic E-state index is 0.622. The fourth-order valence-corrected chi connectivity index (χ4v) is 1.20. The van der Waals surface area contributed by atoms with Crippen LogP contribution in [0, 0.1) is 11.3 Å². The Labute approximate surface area is 89.2 Å². The molecule has 3 radical (unpaired) electrons. The Bertz CT molecular complexity index is 498. The first-order chi connectivity index (χ1) is 7.33. The van der Waals surface area contributed by atoms with Crippen LogP contribution in [-0.4, -0.2) is 29.9 Å². The fraction of sp³-hybridized carbons (Fsp3) is 0. The first-order valence-electron chi connectivity index (χ1n) is 4.31. The zero-order chi connectivity index (χ0) is 10.7. The van der Waals surface area contributed by atoms with Gasteiger partial charge in [-0.15, -0.1) is 5.10 Å². The van der Waals surface area contributed by atoms with Crippen molar-refractivity contribution < 1.29 is 0 Å². The normalized spacial score (nSPS) is 9.53. The third-order valence-electron chi connectivity index (χ3n) is 1.97.